The first-order valence-corrected chi connectivity index (χ1v) is 5.60. The topological polar surface area (TPSA) is 59.0 Å². The van der Waals surface area contributed by atoms with Crippen LogP contribution in [0.3, 0.4) is 0 Å². The van der Waals surface area contributed by atoms with Gasteiger partial charge in [-0.25, -0.2) is 9.18 Å². The van der Waals surface area contributed by atoms with E-state index in [1.54, 1.807) is 20.8 Å². The number of alkyl halides is 1. The monoisotopic (exact) mass is 249 g/mol. The highest BCUT2D eigenvalue weighted by molar-refractivity contribution is 5.68. The van der Waals surface area contributed by atoms with E-state index in [4.69, 9.17) is 9.47 Å². The molecule has 6 heteroatoms. The van der Waals surface area contributed by atoms with E-state index in [0.29, 0.717) is 0 Å². The number of nitrogens with zero attached hydrogens (tertiary/aromatic N) is 1. The number of hydrogen-bond acceptors (Lipinski definition) is 4. The summed E-state index contributed by atoms with van der Waals surface area (Å²) in [5.74, 6) is 0. The summed E-state index contributed by atoms with van der Waals surface area (Å²) in [5.41, 5.74) is -2.24. The molecule has 0 aromatic rings. The molecule has 0 spiro atoms. The number of amides is 1. The van der Waals surface area contributed by atoms with Crippen LogP contribution in [0.15, 0.2) is 0 Å². The van der Waals surface area contributed by atoms with Gasteiger partial charge in [0.2, 0.25) is 0 Å². The van der Waals surface area contributed by atoms with Crippen LogP contribution in [0.25, 0.3) is 0 Å². The second-order valence-electron chi connectivity index (χ2n) is 5.31. The van der Waals surface area contributed by atoms with Crippen molar-refractivity contribution in [1.29, 1.82) is 0 Å². The molecule has 1 rings (SSSR count). The van der Waals surface area contributed by atoms with Crippen LogP contribution in [-0.4, -0.2) is 60.3 Å². The summed E-state index contributed by atoms with van der Waals surface area (Å²) >= 11 is 0. The fraction of sp³-hybridized carbons (Fsp3) is 0.909. The molecule has 1 fully saturated rings. The molecule has 17 heavy (non-hydrogen) atoms. The summed E-state index contributed by atoms with van der Waals surface area (Å²) in [6, 6.07) is 0. The summed E-state index contributed by atoms with van der Waals surface area (Å²) < 4.78 is 22.9. The van der Waals surface area contributed by atoms with Gasteiger partial charge in [0.15, 0.2) is 0 Å². The predicted octanol–water partition coefficient (Wildman–Crippen LogP) is 0.954. The maximum atomic E-state index is 12.7. The molecule has 0 aliphatic carbocycles. The van der Waals surface area contributed by atoms with Gasteiger partial charge < -0.3 is 19.5 Å². The molecule has 0 radical (unpaired) electrons. The van der Waals surface area contributed by atoms with Gasteiger partial charge in [-0.15, -0.1) is 0 Å². The van der Waals surface area contributed by atoms with Crippen molar-refractivity contribution in [2.24, 2.45) is 0 Å². The van der Waals surface area contributed by atoms with Gasteiger partial charge in [0.25, 0.3) is 0 Å². The van der Waals surface area contributed by atoms with Crippen molar-refractivity contribution >= 4 is 6.09 Å². The average molecular weight is 249 g/mol. The number of β-amino-alcohol motifs (C(OH)–C–C–N with tert-alkyl or cyclic N) is 1. The van der Waals surface area contributed by atoms with Gasteiger partial charge in [-0.05, 0) is 20.8 Å². The van der Waals surface area contributed by atoms with E-state index in [-0.39, 0.29) is 26.3 Å². The zero-order valence-electron chi connectivity index (χ0n) is 10.5. The Morgan fingerprint density at radius 3 is 2.76 bits per heavy atom. The lowest BCUT2D eigenvalue weighted by atomic mass is 10.1. The zero-order valence-corrected chi connectivity index (χ0v) is 10.5. The third-order valence-electron chi connectivity index (χ3n) is 2.26. The van der Waals surface area contributed by atoms with Crippen LogP contribution >= 0.6 is 0 Å². The SMILES string of the molecule is CC(C)(C)OC(=O)N1CCOC[C@](O)(CF)C1. The maximum Gasteiger partial charge on any atom is 0.410 e. The van der Waals surface area contributed by atoms with Crippen LogP contribution in [0.5, 0.6) is 0 Å². The van der Waals surface area contributed by atoms with Crippen molar-refractivity contribution < 1.29 is 23.8 Å². The largest absolute Gasteiger partial charge is 0.444 e. The second-order valence-corrected chi connectivity index (χ2v) is 5.31. The van der Waals surface area contributed by atoms with Gasteiger partial charge in [0, 0.05) is 6.54 Å². The highest BCUT2D eigenvalue weighted by Crippen LogP contribution is 2.16. The summed E-state index contributed by atoms with van der Waals surface area (Å²) in [4.78, 5) is 13.1. The van der Waals surface area contributed by atoms with Crippen LogP contribution in [0, 0.1) is 0 Å². The Labute approximate surface area is 100 Å². The van der Waals surface area contributed by atoms with E-state index in [0.717, 1.165) is 0 Å². The van der Waals surface area contributed by atoms with Gasteiger partial charge in [0.05, 0.1) is 19.8 Å². The molecule has 0 aromatic carbocycles. The first-order valence-electron chi connectivity index (χ1n) is 5.60. The Morgan fingerprint density at radius 2 is 2.24 bits per heavy atom. The molecule has 1 heterocycles. The number of aliphatic hydroxyl groups is 1. The molecular formula is C11H20FNO4. The van der Waals surface area contributed by atoms with Crippen molar-refractivity contribution in [2.45, 2.75) is 32.0 Å². The molecule has 0 bridgehead atoms. The maximum absolute atomic E-state index is 12.7. The Hall–Kier alpha value is -0.880. The third-order valence-corrected chi connectivity index (χ3v) is 2.26. The number of rotatable bonds is 1. The van der Waals surface area contributed by atoms with Crippen LogP contribution in [0.1, 0.15) is 20.8 Å². The fourth-order valence-corrected chi connectivity index (χ4v) is 1.48. The predicted molar refractivity (Wildman–Crippen MR) is 59.6 cm³/mol. The summed E-state index contributed by atoms with van der Waals surface area (Å²) in [6.45, 7) is 4.63. The number of carbonyl (C=O) groups excluding carboxylic acids is 1. The van der Waals surface area contributed by atoms with E-state index in [1.807, 2.05) is 0 Å². The average Bonchev–Trinajstić information content (AvgIpc) is 2.39. The number of hydrogen-bond donors (Lipinski definition) is 1. The van der Waals surface area contributed by atoms with Crippen LogP contribution in [0.2, 0.25) is 0 Å². The van der Waals surface area contributed by atoms with Crippen molar-refractivity contribution in [2.75, 3.05) is 33.0 Å². The molecule has 1 amide bonds. The minimum atomic E-state index is -1.63. The highest BCUT2D eigenvalue weighted by atomic mass is 19.1. The first kappa shape index (κ1) is 14.2. The first-order chi connectivity index (χ1) is 7.76. The van der Waals surface area contributed by atoms with Gasteiger partial charge in [0.1, 0.15) is 17.9 Å². The standard InChI is InChI=1S/C11H20FNO4/c1-10(2,3)17-9(14)13-4-5-16-8-11(15,6-12)7-13/h15H,4-8H2,1-3H3/t11-/m0/s1. The number of halogens is 1. The summed E-state index contributed by atoms with van der Waals surface area (Å²) in [5, 5.41) is 9.83. The molecule has 0 unspecified atom stereocenters. The van der Waals surface area contributed by atoms with E-state index in [1.165, 1.54) is 4.90 Å². The number of ether oxygens (including phenoxy) is 2. The quantitative estimate of drug-likeness (QED) is 0.752. The lowest BCUT2D eigenvalue weighted by Crippen LogP contribution is -2.49. The van der Waals surface area contributed by atoms with Gasteiger partial charge in [-0.3, -0.25) is 0 Å². The van der Waals surface area contributed by atoms with Crippen molar-refractivity contribution in [3.63, 3.8) is 0 Å². The minimum Gasteiger partial charge on any atom is -0.444 e. The van der Waals surface area contributed by atoms with Crippen LogP contribution < -0.4 is 0 Å². The van der Waals surface area contributed by atoms with Gasteiger partial charge >= 0.3 is 6.09 Å². The van der Waals surface area contributed by atoms with Crippen molar-refractivity contribution in [1.82, 2.24) is 4.90 Å². The lowest BCUT2D eigenvalue weighted by Gasteiger charge is -2.30. The molecular weight excluding hydrogens is 229 g/mol. The Balaban J connectivity index is 2.66. The molecule has 1 aliphatic rings. The molecule has 1 N–H and O–H groups in total. The minimum absolute atomic E-state index is 0.108. The third kappa shape index (κ3) is 4.47. The Kier molecular flexibility index (Phi) is 4.32. The van der Waals surface area contributed by atoms with E-state index in [2.05, 4.69) is 0 Å². The Bertz CT molecular complexity index is 279. The summed E-state index contributed by atoms with van der Waals surface area (Å²) in [6.07, 6.45) is -0.560. The van der Waals surface area contributed by atoms with Crippen LogP contribution in [0.4, 0.5) is 9.18 Å². The molecule has 1 atom stereocenters. The molecule has 5 nitrogen and oxygen atoms in total. The van der Waals surface area contributed by atoms with Gasteiger partial charge in [-0.1, -0.05) is 0 Å². The molecule has 0 saturated carbocycles. The van der Waals surface area contributed by atoms with Crippen molar-refractivity contribution in [3.05, 3.63) is 0 Å². The molecule has 0 aromatic heterocycles. The van der Waals surface area contributed by atoms with E-state index < -0.39 is 24.0 Å². The molecule has 1 saturated heterocycles. The van der Waals surface area contributed by atoms with E-state index >= 15 is 0 Å². The van der Waals surface area contributed by atoms with Gasteiger partial charge in [-0.2, -0.15) is 0 Å². The normalized spacial score (nSPS) is 26.5. The second kappa shape index (κ2) is 5.18. The fourth-order valence-electron chi connectivity index (χ4n) is 1.48. The molecule has 1 aliphatic heterocycles. The summed E-state index contributed by atoms with van der Waals surface area (Å²) in [7, 11) is 0. The lowest BCUT2D eigenvalue weighted by molar-refractivity contribution is -0.0536. The zero-order chi connectivity index (χ0) is 13.1. The Morgan fingerprint density at radius 1 is 1.59 bits per heavy atom. The van der Waals surface area contributed by atoms with Crippen LogP contribution in [-0.2, 0) is 9.47 Å². The van der Waals surface area contributed by atoms with Crippen molar-refractivity contribution in [3.8, 4) is 0 Å². The van der Waals surface area contributed by atoms with E-state index in [9.17, 15) is 14.3 Å². The number of carbonyl (C=O) groups is 1. The highest BCUT2D eigenvalue weighted by Gasteiger charge is 2.36. The smallest absolute Gasteiger partial charge is 0.410 e. The molecule has 100 valence electrons.